The maximum Gasteiger partial charge on any atom is 0.329 e. The molecule has 2 bridgehead atoms. The number of hydrogen-bond acceptors (Lipinski definition) is 4. The summed E-state index contributed by atoms with van der Waals surface area (Å²) in [4.78, 5) is 16.2. The molecule has 120 valence electrons. The van der Waals surface area contributed by atoms with E-state index in [1.54, 1.807) is 6.92 Å². The molecular formula is C17H20N4O2. The Morgan fingerprint density at radius 3 is 2.39 bits per heavy atom. The van der Waals surface area contributed by atoms with Gasteiger partial charge in [0.2, 0.25) is 0 Å². The zero-order valence-electron chi connectivity index (χ0n) is 13.1. The second-order valence-electron chi connectivity index (χ2n) is 6.55. The van der Waals surface area contributed by atoms with Crippen LogP contribution >= 0.6 is 0 Å². The highest BCUT2D eigenvalue weighted by molar-refractivity contribution is 5.87. The van der Waals surface area contributed by atoms with Gasteiger partial charge in [0.1, 0.15) is 0 Å². The molecule has 2 aliphatic carbocycles. The summed E-state index contributed by atoms with van der Waals surface area (Å²) in [6.07, 6.45) is 4.42. The van der Waals surface area contributed by atoms with Crippen molar-refractivity contribution in [1.29, 1.82) is 0 Å². The van der Waals surface area contributed by atoms with Gasteiger partial charge in [-0.2, -0.15) is 4.98 Å². The Morgan fingerprint density at radius 1 is 1.17 bits per heavy atom. The number of amides is 2. The van der Waals surface area contributed by atoms with Crippen LogP contribution in [-0.4, -0.2) is 22.2 Å². The minimum Gasteiger partial charge on any atom is -0.334 e. The molecule has 2 unspecified atom stereocenters. The molecule has 0 aliphatic heterocycles. The third-order valence-corrected chi connectivity index (χ3v) is 5.05. The van der Waals surface area contributed by atoms with Crippen LogP contribution in [0.2, 0.25) is 0 Å². The number of rotatable bonds is 2. The van der Waals surface area contributed by atoms with Crippen molar-refractivity contribution in [2.75, 3.05) is 5.32 Å². The Labute approximate surface area is 134 Å². The molecule has 4 rings (SSSR count). The third-order valence-electron chi connectivity index (χ3n) is 5.05. The van der Waals surface area contributed by atoms with Crippen molar-refractivity contribution < 1.29 is 9.32 Å². The van der Waals surface area contributed by atoms with E-state index in [4.69, 9.17) is 4.52 Å². The fraction of sp³-hybridized carbons (Fsp3) is 0.471. The Morgan fingerprint density at radius 2 is 1.83 bits per heavy atom. The maximum atomic E-state index is 12.2. The number of carbonyl (C=O) groups excluding carboxylic acids is 1. The smallest absolute Gasteiger partial charge is 0.329 e. The lowest BCUT2D eigenvalue weighted by molar-refractivity contribution is 0.239. The summed E-state index contributed by atoms with van der Waals surface area (Å²) in [5, 5.41) is 9.44. The first-order valence-corrected chi connectivity index (χ1v) is 8.13. The number of aryl methyl sites for hydroxylation is 1. The molecule has 2 atom stereocenters. The lowest BCUT2D eigenvalue weighted by Gasteiger charge is -2.23. The second kappa shape index (κ2) is 5.68. The van der Waals surface area contributed by atoms with E-state index < -0.39 is 0 Å². The Bertz CT molecular complexity index is 694. The van der Waals surface area contributed by atoms with E-state index >= 15 is 0 Å². The van der Waals surface area contributed by atoms with E-state index in [2.05, 4.69) is 45.0 Å². The molecule has 6 nitrogen and oxygen atoms in total. The van der Waals surface area contributed by atoms with Crippen LogP contribution < -0.4 is 10.6 Å². The van der Waals surface area contributed by atoms with Crippen molar-refractivity contribution in [3.05, 3.63) is 41.2 Å². The molecule has 1 heterocycles. The minimum absolute atomic E-state index is 0.143. The number of nitrogens with one attached hydrogen (secondary N) is 2. The molecule has 1 aromatic heterocycles. The molecule has 0 radical (unpaired) electrons. The van der Waals surface area contributed by atoms with Crippen LogP contribution in [0.15, 0.2) is 28.8 Å². The van der Waals surface area contributed by atoms with Gasteiger partial charge >= 0.3 is 12.0 Å². The summed E-state index contributed by atoms with van der Waals surface area (Å²) in [6, 6.07) is 8.72. The normalized spacial score (nSPS) is 25.5. The van der Waals surface area contributed by atoms with Crippen LogP contribution in [0.3, 0.4) is 0 Å². The predicted molar refractivity (Wildman–Crippen MR) is 85.0 cm³/mol. The molecule has 23 heavy (non-hydrogen) atoms. The van der Waals surface area contributed by atoms with Gasteiger partial charge in [-0.1, -0.05) is 29.4 Å². The van der Waals surface area contributed by atoms with Gasteiger partial charge < -0.3 is 9.84 Å². The number of aromatic nitrogens is 2. The van der Waals surface area contributed by atoms with Crippen molar-refractivity contribution in [3.8, 4) is 0 Å². The van der Waals surface area contributed by atoms with Gasteiger partial charge in [0, 0.05) is 6.04 Å². The van der Waals surface area contributed by atoms with Crippen molar-refractivity contribution in [2.24, 2.45) is 11.8 Å². The van der Waals surface area contributed by atoms with E-state index in [1.807, 2.05) is 0 Å². The largest absolute Gasteiger partial charge is 0.334 e. The van der Waals surface area contributed by atoms with Gasteiger partial charge in [0.25, 0.3) is 0 Å². The predicted octanol–water partition coefficient (Wildman–Crippen LogP) is 2.69. The summed E-state index contributed by atoms with van der Waals surface area (Å²) < 4.78 is 4.94. The monoisotopic (exact) mass is 312 g/mol. The molecule has 1 aromatic carbocycles. The molecule has 0 spiro atoms. The van der Waals surface area contributed by atoms with Crippen molar-refractivity contribution in [3.63, 3.8) is 0 Å². The lowest BCUT2D eigenvalue weighted by atomic mass is 9.94. The van der Waals surface area contributed by atoms with Crippen molar-refractivity contribution in [2.45, 2.75) is 38.6 Å². The van der Waals surface area contributed by atoms with Crippen LogP contribution in [0.4, 0.5) is 10.8 Å². The fourth-order valence-corrected chi connectivity index (χ4v) is 4.02. The van der Waals surface area contributed by atoms with E-state index in [1.165, 1.54) is 24.0 Å². The van der Waals surface area contributed by atoms with E-state index in [0.717, 1.165) is 12.8 Å². The van der Waals surface area contributed by atoms with Crippen LogP contribution in [0, 0.1) is 18.8 Å². The number of hydrogen-bond donors (Lipinski definition) is 2. The zero-order valence-corrected chi connectivity index (χ0v) is 13.1. The van der Waals surface area contributed by atoms with Crippen molar-refractivity contribution >= 4 is 12.0 Å². The van der Waals surface area contributed by atoms with Gasteiger partial charge in [0.05, 0.1) is 0 Å². The summed E-state index contributed by atoms with van der Waals surface area (Å²) in [6.45, 7) is 1.72. The SMILES string of the molecule is Cc1noc(NC(=O)NC2C3CCC2Cc2ccccc2C3)n1. The molecule has 2 amide bonds. The average Bonchev–Trinajstić information content (AvgIpc) is 3.03. The summed E-state index contributed by atoms with van der Waals surface area (Å²) in [7, 11) is 0. The molecular weight excluding hydrogens is 292 g/mol. The number of fused-ring (bicyclic) bond motifs is 3. The zero-order chi connectivity index (χ0) is 15.8. The van der Waals surface area contributed by atoms with E-state index in [0.29, 0.717) is 17.7 Å². The highest BCUT2D eigenvalue weighted by Crippen LogP contribution is 2.40. The van der Waals surface area contributed by atoms with Gasteiger partial charge in [0.15, 0.2) is 5.82 Å². The Hall–Kier alpha value is -2.37. The van der Waals surface area contributed by atoms with Gasteiger partial charge in [-0.25, -0.2) is 4.79 Å². The number of carbonyl (C=O) groups is 1. The number of urea groups is 1. The molecule has 0 saturated heterocycles. The third kappa shape index (κ3) is 2.81. The number of benzene rings is 1. The minimum atomic E-state index is -0.262. The quantitative estimate of drug-likeness (QED) is 0.893. The first-order valence-electron chi connectivity index (χ1n) is 8.13. The second-order valence-corrected chi connectivity index (χ2v) is 6.55. The molecule has 1 saturated carbocycles. The topological polar surface area (TPSA) is 80.0 Å². The van der Waals surface area contributed by atoms with Gasteiger partial charge in [-0.05, 0) is 55.6 Å². The molecule has 2 aromatic rings. The number of anilines is 1. The van der Waals surface area contributed by atoms with Crippen LogP contribution in [0.5, 0.6) is 0 Å². The summed E-state index contributed by atoms with van der Waals surface area (Å²) >= 11 is 0. The van der Waals surface area contributed by atoms with Crippen LogP contribution in [0.25, 0.3) is 0 Å². The summed E-state index contributed by atoms with van der Waals surface area (Å²) in [5.74, 6) is 1.50. The molecule has 2 aliphatic rings. The van der Waals surface area contributed by atoms with E-state index in [-0.39, 0.29) is 18.1 Å². The van der Waals surface area contributed by atoms with Gasteiger partial charge in [-0.3, -0.25) is 5.32 Å². The Kier molecular flexibility index (Phi) is 3.52. The molecule has 1 fully saturated rings. The average molecular weight is 312 g/mol. The molecule has 2 N–H and O–H groups in total. The van der Waals surface area contributed by atoms with E-state index in [9.17, 15) is 4.79 Å². The fourth-order valence-electron chi connectivity index (χ4n) is 4.02. The van der Waals surface area contributed by atoms with Crippen molar-refractivity contribution in [1.82, 2.24) is 15.5 Å². The highest BCUT2D eigenvalue weighted by atomic mass is 16.5. The maximum absolute atomic E-state index is 12.2. The Balaban J connectivity index is 1.46. The lowest BCUT2D eigenvalue weighted by Crippen LogP contribution is -2.44. The first-order chi connectivity index (χ1) is 11.2. The summed E-state index contributed by atoms with van der Waals surface area (Å²) in [5.41, 5.74) is 2.86. The standard InChI is InChI=1S/C17H20N4O2/c1-10-18-17(23-21-10)20-16(22)19-15-13-6-7-14(15)9-12-5-3-2-4-11(12)8-13/h2-5,13-15H,6-9H2,1H3,(H2,18,19,20,21,22). The first kappa shape index (κ1) is 14.2. The molecule has 6 heteroatoms. The number of nitrogens with zero attached hydrogens (tertiary/aromatic N) is 2. The highest BCUT2D eigenvalue weighted by Gasteiger charge is 2.39. The van der Waals surface area contributed by atoms with Crippen LogP contribution in [0.1, 0.15) is 29.8 Å². The van der Waals surface area contributed by atoms with Crippen LogP contribution in [-0.2, 0) is 12.8 Å². The van der Waals surface area contributed by atoms with Gasteiger partial charge in [-0.15, -0.1) is 0 Å².